The van der Waals surface area contributed by atoms with Gasteiger partial charge in [0.25, 0.3) is 0 Å². The molecule has 3 aliphatic carbocycles. The van der Waals surface area contributed by atoms with Crippen LogP contribution in [-0.2, 0) is 0 Å². The van der Waals surface area contributed by atoms with E-state index in [1.54, 1.807) is 5.57 Å². The summed E-state index contributed by atoms with van der Waals surface area (Å²) in [6.45, 7) is 11.4. The summed E-state index contributed by atoms with van der Waals surface area (Å²) in [5.41, 5.74) is 2.15. The lowest BCUT2D eigenvalue weighted by molar-refractivity contribution is -0.0472. The highest BCUT2D eigenvalue weighted by molar-refractivity contribution is 5.21. The van der Waals surface area contributed by atoms with Crippen molar-refractivity contribution in [3.8, 4) is 0 Å². The van der Waals surface area contributed by atoms with Crippen molar-refractivity contribution in [2.75, 3.05) is 0 Å². The molecule has 0 unspecified atom stereocenters. The zero-order valence-electron chi connectivity index (χ0n) is 8.56. The summed E-state index contributed by atoms with van der Waals surface area (Å²) >= 11 is 0. The van der Waals surface area contributed by atoms with Gasteiger partial charge in [-0.15, -0.1) is 0 Å². The van der Waals surface area contributed by atoms with E-state index in [9.17, 15) is 0 Å². The predicted molar refractivity (Wildman–Crippen MR) is 52.9 cm³/mol. The minimum absolute atomic E-state index is 0.586. The van der Waals surface area contributed by atoms with Crippen molar-refractivity contribution < 1.29 is 0 Å². The lowest BCUT2D eigenvalue weighted by Crippen LogP contribution is -2.51. The van der Waals surface area contributed by atoms with Crippen LogP contribution >= 0.6 is 0 Å². The first kappa shape index (κ1) is 8.34. The van der Waals surface area contributed by atoms with Crippen molar-refractivity contribution in [3.63, 3.8) is 0 Å². The van der Waals surface area contributed by atoms with Gasteiger partial charge in [-0.25, -0.2) is 0 Å². The molecular formula is C12H20. The van der Waals surface area contributed by atoms with Gasteiger partial charge in [-0.05, 0) is 42.4 Å². The van der Waals surface area contributed by atoms with Crippen LogP contribution in [-0.4, -0.2) is 0 Å². The first-order valence-corrected chi connectivity index (χ1v) is 5.26. The molecule has 0 aromatic carbocycles. The normalized spacial score (nSPS) is 43.9. The number of allylic oxidation sites excluding steroid dienone is 1. The molecule has 0 amide bonds. The fraction of sp³-hybridized carbons (Fsp3) is 0.833. The van der Waals surface area contributed by atoms with Gasteiger partial charge >= 0.3 is 0 Å². The molecule has 0 nitrogen and oxygen atoms in total. The predicted octanol–water partition coefficient (Wildman–Crippen LogP) is 3.63. The van der Waals surface area contributed by atoms with E-state index in [-0.39, 0.29) is 0 Å². The average Bonchev–Trinajstić information content (AvgIpc) is 2.03. The zero-order chi connectivity index (χ0) is 8.93. The van der Waals surface area contributed by atoms with Crippen molar-refractivity contribution in [3.05, 3.63) is 12.2 Å². The van der Waals surface area contributed by atoms with Gasteiger partial charge in [-0.3, -0.25) is 0 Å². The molecule has 0 aliphatic heterocycles. The minimum atomic E-state index is 0.586. The van der Waals surface area contributed by atoms with Crippen molar-refractivity contribution in [2.24, 2.45) is 23.2 Å². The second-order valence-corrected chi connectivity index (χ2v) is 5.22. The van der Waals surface area contributed by atoms with E-state index in [2.05, 4.69) is 27.4 Å². The van der Waals surface area contributed by atoms with Crippen molar-refractivity contribution in [2.45, 2.75) is 40.0 Å². The highest BCUT2D eigenvalue weighted by Gasteiger charge is 2.53. The van der Waals surface area contributed by atoms with E-state index in [1.807, 2.05) is 0 Å². The molecule has 0 aromatic rings. The molecule has 0 spiro atoms. The van der Waals surface area contributed by atoms with Crippen LogP contribution in [0.5, 0.6) is 0 Å². The van der Waals surface area contributed by atoms with Gasteiger partial charge in [0, 0.05) is 0 Å². The fourth-order valence-corrected chi connectivity index (χ4v) is 3.25. The van der Waals surface area contributed by atoms with E-state index in [0.717, 1.165) is 17.8 Å². The van der Waals surface area contributed by atoms with Gasteiger partial charge in [-0.2, -0.15) is 0 Å². The number of hydrogen-bond acceptors (Lipinski definition) is 0. The van der Waals surface area contributed by atoms with Gasteiger partial charge in [0.05, 0.1) is 0 Å². The number of hydrogen-bond donors (Lipinski definition) is 0. The summed E-state index contributed by atoms with van der Waals surface area (Å²) in [6, 6.07) is 0. The third-order valence-electron chi connectivity index (χ3n) is 4.50. The highest BCUT2D eigenvalue weighted by Crippen LogP contribution is 2.62. The molecule has 0 saturated heterocycles. The molecule has 68 valence electrons. The zero-order valence-corrected chi connectivity index (χ0v) is 8.56. The van der Waals surface area contributed by atoms with E-state index in [1.165, 1.54) is 19.3 Å². The van der Waals surface area contributed by atoms with Crippen LogP contribution in [0.2, 0.25) is 0 Å². The third kappa shape index (κ3) is 0.841. The molecule has 3 saturated carbocycles. The van der Waals surface area contributed by atoms with Crippen molar-refractivity contribution in [1.29, 1.82) is 0 Å². The van der Waals surface area contributed by atoms with Gasteiger partial charge < -0.3 is 0 Å². The molecule has 0 aromatic heterocycles. The molecule has 3 atom stereocenters. The SMILES string of the molecule is C=C1[C@H](CC)C[C@@H]2C[C@H]1C2(C)C. The molecule has 0 N–H and O–H groups in total. The first-order chi connectivity index (χ1) is 5.57. The van der Waals surface area contributed by atoms with Crippen molar-refractivity contribution in [1.82, 2.24) is 0 Å². The van der Waals surface area contributed by atoms with Crippen LogP contribution in [0.15, 0.2) is 12.2 Å². The summed E-state index contributed by atoms with van der Waals surface area (Å²) in [4.78, 5) is 0. The summed E-state index contributed by atoms with van der Waals surface area (Å²) in [6.07, 6.45) is 4.16. The van der Waals surface area contributed by atoms with Gasteiger partial charge in [0.1, 0.15) is 0 Å². The lowest BCUT2D eigenvalue weighted by Gasteiger charge is -2.60. The average molecular weight is 164 g/mol. The second-order valence-electron chi connectivity index (χ2n) is 5.22. The lowest BCUT2D eigenvalue weighted by atomic mass is 9.45. The Kier molecular flexibility index (Phi) is 1.65. The Hall–Kier alpha value is -0.260. The monoisotopic (exact) mass is 164 g/mol. The number of rotatable bonds is 1. The summed E-state index contributed by atoms with van der Waals surface area (Å²) < 4.78 is 0. The summed E-state index contributed by atoms with van der Waals surface area (Å²) in [5, 5.41) is 0. The van der Waals surface area contributed by atoms with Crippen LogP contribution < -0.4 is 0 Å². The van der Waals surface area contributed by atoms with Crippen LogP contribution in [0.1, 0.15) is 40.0 Å². The maximum atomic E-state index is 4.28. The quantitative estimate of drug-likeness (QED) is 0.519. The molecule has 3 fully saturated rings. The molecule has 0 heteroatoms. The molecule has 0 radical (unpaired) electrons. The van der Waals surface area contributed by atoms with E-state index < -0.39 is 0 Å². The Labute approximate surface area is 76.1 Å². The Balaban J connectivity index is 2.17. The first-order valence-electron chi connectivity index (χ1n) is 5.26. The van der Waals surface area contributed by atoms with Crippen LogP contribution in [0.4, 0.5) is 0 Å². The molecule has 2 bridgehead atoms. The highest BCUT2D eigenvalue weighted by atomic mass is 14.6. The van der Waals surface area contributed by atoms with Crippen LogP contribution in [0.25, 0.3) is 0 Å². The Bertz CT molecular complexity index is 212. The number of fused-ring (bicyclic) bond motifs is 2. The van der Waals surface area contributed by atoms with Crippen LogP contribution in [0, 0.1) is 23.2 Å². The van der Waals surface area contributed by atoms with E-state index in [4.69, 9.17) is 0 Å². The fourth-order valence-electron chi connectivity index (χ4n) is 3.25. The molecular weight excluding hydrogens is 144 g/mol. The van der Waals surface area contributed by atoms with Gasteiger partial charge in [0.2, 0.25) is 0 Å². The Morgan fingerprint density at radius 1 is 1.42 bits per heavy atom. The standard InChI is InChI=1S/C12H20/c1-5-9-6-10-7-11(8(9)2)12(10,3)4/h9-11H,2,5-7H2,1,3-4H3/t9-,10-,11-/m1/s1. The van der Waals surface area contributed by atoms with Crippen molar-refractivity contribution >= 4 is 0 Å². The maximum absolute atomic E-state index is 4.28. The largest absolute Gasteiger partial charge is 0.0993 e. The van der Waals surface area contributed by atoms with E-state index in [0.29, 0.717) is 5.41 Å². The molecule has 3 aliphatic rings. The summed E-state index contributed by atoms with van der Waals surface area (Å²) in [5.74, 6) is 2.70. The minimum Gasteiger partial charge on any atom is -0.0993 e. The smallest absolute Gasteiger partial charge is 0.0146 e. The maximum Gasteiger partial charge on any atom is -0.0146 e. The Morgan fingerprint density at radius 2 is 2.08 bits per heavy atom. The molecule has 3 rings (SSSR count). The Morgan fingerprint density at radius 3 is 2.50 bits per heavy atom. The van der Waals surface area contributed by atoms with Crippen LogP contribution in [0.3, 0.4) is 0 Å². The topological polar surface area (TPSA) is 0 Å². The second kappa shape index (κ2) is 2.37. The van der Waals surface area contributed by atoms with Gasteiger partial charge in [0.15, 0.2) is 0 Å². The molecule has 0 heterocycles. The van der Waals surface area contributed by atoms with Gasteiger partial charge in [-0.1, -0.05) is 32.9 Å². The third-order valence-corrected chi connectivity index (χ3v) is 4.50. The molecule has 12 heavy (non-hydrogen) atoms. The summed E-state index contributed by atoms with van der Waals surface area (Å²) in [7, 11) is 0. The van der Waals surface area contributed by atoms with E-state index >= 15 is 0 Å².